The van der Waals surface area contributed by atoms with Crippen LogP contribution in [0.1, 0.15) is 15.9 Å². The first-order valence-corrected chi connectivity index (χ1v) is 5.77. The maximum absolute atomic E-state index is 13.1. The van der Waals surface area contributed by atoms with Crippen LogP contribution in [0.4, 0.5) is 4.39 Å². The Morgan fingerprint density at radius 1 is 1.33 bits per heavy atom. The van der Waals surface area contributed by atoms with Gasteiger partial charge in [0.2, 0.25) is 0 Å². The highest BCUT2D eigenvalue weighted by Gasteiger charge is 2.14. The average molecular weight is 311 g/mol. The van der Waals surface area contributed by atoms with Gasteiger partial charge in [-0.1, -0.05) is 15.9 Å². The van der Waals surface area contributed by atoms with Gasteiger partial charge in [0.15, 0.2) is 5.78 Å². The fourth-order valence-electron chi connectivity index (χ4n) is 1.37. The van der Waals surface area contributed by atoms with Gasteiger partial charge in [-0.05, 0) is 18.2 Å². The molecule has 1 aromatic heterocycles. The lowest BCUT2D eigenvalue weighted by Crippen LogP contribution is -2.05. The Morgan fingerprint density at radius 3 is 2.61 bits per heavy atom. The fourth-order valence-corrected chi connectivity index (χ4v) is 1.79. The second-order valence-corrected chi connectivity index (χ2v) is 4.27. The van der Waals surface area contributed by atoms with E-state index in [0.717, 1.165) is 6.07 Å². The van der Waals surface area contributed by atoms with E-state index < -0.39 is 5.82 Å². The van der Waals surface area contributed by atoms with E-state index >= 15 is 0 Å². The molecule has 4 nitrogen and oxygen atoms in total. The highest BCUT2D eigenvalue weighted by molar-refractivity contribution is 9.10. The van der Waals surface area contributed by atoms with Gasteiger partial charge in [-0.25, -0.2) is 14.4 Å². The van der Waals surface area contributed by atoms with Gasteiger partial charge >= 0.3 is 6.01 Å². The van der Waals surface area contributed by atoms with Gasteiger partial charge in [-0.2, -0.15) is 0 Å². The van der Waals surface area contributed by atoms with E-state index in [1.807, 2.05) is 0 Å². The van der Waals surface area contributed by atoms with Gasteiger partial charge in [0, 0.05) is 22.4 Å². The van der Waals surface area contributed by atoms with Crippen molar-refractivity contribution in [2.75, 3.05) is 7.11 Å². The number of benzene rings is 1. The van der Waals surface area contributed by atoms with Crippen molar-refractivity contribution >= 4 is 21.7 Å². The van der Waals surface area contributed by atoms with Crippen LogP contribution in [0.3, 0.4) is 0 Å². The fraction of sp³-hybridized carbons (Fsp3) is 0.0833. The highest BCUT2D eigenvalue weighted by Crippen LogP contribution is 2.21. The van der Waals surface area contributed by atoms with Crippen molar-refractivity contribution in [3.05, 3.63) is 52.0 Å². The van der Waals surface area contributed by atoms with E-state index in [1.165, 1.54) is 31.6 Å². The molecule has 6 heteroatoms. The number of carbonyl (C=O) groups excluding carboxylic acids is 1. The van der Waals surface area contributed by atoms with Gasteiger partial charge in [0.05, 0.1) is 12.7 Å². The van der Waals surface area contributed by atoms with E-state index in [0.29, 0.717) is 4.47 Å². The number of ether oxygens (including phenoxy) is 1. The molecule has 0 aliphatic heterocycles. The van der Waals surface area contributed by atoms with Gasteiger partial charge < -0.3 is 4.74 Å². The molecule has 0 saturated carbocycles. The van der Waals surface area contributed by atoms with Crippen molar-refractivity contribution in [3.63, 3.8) is 0 Å². The van der Waals surface area contributed by atoms with E-state index in [9.17, 15) is 9.18 Å². The van der Waals surface area contributed by atoms with Crippen molar-refractivity contribution in [2.24, 2.45) is 0 Å². The summed E-state index contributed by atoms with van der Waals surface area (Å²) in [6, 6.07) is 4.08. The zero-order valence-corrected chi connectivity index (χ0v) is 10.9. The largest absolute Gasteiger partial charge is 0.467 e. The number of methoxy groups -OCH3 is 1. The van der Waals surface area contributed by atoms with Gasteiger partial charge in [0.25, 0.3) is 0 Å². The molecule has 0 atom stereocenters. The normalized spacial score (nSPS) is 10.2. The molecule has 1 heterocycles. The Morgan fingerprint density at radius 2 is 2.00 bits per heavy atom. The second kappa shape index (κ2) is 5.22. The van der Waals surface area contributed by atoms with Crippen molar-refractivity contribution in [1.29, 1.82) is 0 Å². The smallest absolute Gasteiger partial charge is 0.316 e. The average Bonchev–Trinajstić information content (AvgIpc) is 2.41. The molecule has 18 heavy (non-hydrogen) atoms. The molecule has 92 valence electrons. The number of carbonyl (C=O) groups is 1. The number of ketones is 1. The van der Waals surface area contributed by atoms with Gasteiger partial charge in [-0.15, -0.1) is 0 Å². The van der Waals surface area contributed by atoms with Crippen molar-refractivity contribution in [3.8, 4) is 6.01 Å². The minimum atomic E-state index is -0.476. The topological polar surface area (TPSA) is 52.1 Å². The van der Waals surface area contributed by atoms with E-state index in [4.69, 9.17) is 4.74 Å². The number of aromatic nitrogens is 2. The third kappa shape index (κ3) is 2.53. The summed E-state index contributed by atoms with van der Waals surface area (Å²) in [7, 11) is 1.43. The Balaban J connectivity index is 2.38. The van der Waals surface area contributed by atoms with Gasteiger partial charge in [-0.3, -0.25) is 4.79 Å². The zero-order valence-electron chi connectivity index (χ0n) is 9.35. The number of rotatable bonds is 3. The van der Waals surface area contributed by atoms with Crippen molar-refractivity contribution < 1.29 is 13.9 Å². The number of hydrogen-bond acceptors (Lipinski definition) is 4. The zero-order chi connectivity index (χ0) is 13.1. The first kappa shape index (κ1) is 12.6. The Kier molecular flexibility index (Phi) is 3.66. The highest BCUT2D eigenvalue weighted by atomic mass is 79.9. The van der Waals surface area contributed by atoms with E-state index in [1.54, 1.807) is 0 Å². The maximum Gasteiger partial charge on any atom is 0.316 e. The van der Waals surface area contributed by atoms with Crippen molar-refractivity contribution in [1.82, 2.24) is 9.97 Å². The first-order valence-electron chi connectivity index (χ1n) is 4.97. The number of hydrogen-bond donors (Lipinski definition) is 0. The molecule has 0 aliphatic carbocycles. The van der Waals surface area contributed by atoms with Crippen LogP contribution in [0.2, 0.25) is 0 Å². The molecule has 2 rings (SSSR count). The van der Waals surface area contributed by atoms with Crippen LogP contribution in [0, 0.1) is 5.82 Å². The molecule has 0 radical (unpaired) electrons. The lowest BCUT2D eigenvalue weighted by Gasteiger charge is -2.04. The second-order valence-electron chi connectivity index (χ2n) is 3.41. The lowest BCUT2D eigenvalue weighted by atomic mass is 10.1. The van der Waals surface area contributed by atoms with E-state index in [2.05, 4.69) is 25.9 Å². The summed E-state index contributed by atoms with van der Waals surface area (Å²) < 4.78 is 18.4. The molecule has 0 N–H and O–H groups in total. The molecule has 0 spiro atoms. The molecule has 0 amide bonds. The lowest BCUT2D eigenvalue weighted by molar-refractivity contribution is 0.103. The molecular weight excluding hydrogens is 303 g/mol. The molecule has 1 aromatic carbocycles. The third-order valence-corrected chi connectivity index (χ3v) is 2.94. The standard InChI is InChI=1S/C12H8BrFN2O2/c1-18-12-15-5-7(6-16-12)11(17)9-4-8(14)2-3-10(9)13/h2-6H,1H3. The predicted octanol–water partition coefficient (Wildman–Crippen LogP) is 2.62. The molecule has 0 fully saturated rings. The molecule has 2 aromatic rings. The minimum absolute atomic E-state index is 0.171. The SMILES string of the molecule is COc1ncc(C(=O)c2cc(F)ccc2Br)cn1. The molecule has 0 saturated heterocycles. The Labute approximate surface area is 111 Å². The summed E-state index contributed by atoms with van der Waals surface area (Å²) in [5.41, 5.74) is 0.492. The summed E-state index contributed by atoms with van der Waals surface area (Å²) in [6.07, 6.45) is 2.68. The predicted molar refractivity (Wildman–Crippen MR) is 66.1 cm³/mol. The quantitative estimate of drug-likeness (QED) is 0.818. The Bertz CT molecular complexity index is 587. The van der Waals surface area contributed by atoms with Crippen molar-refractivity contribution in [2.45, 2.75) is 0 Å². The summed E-state index contributed by atoms with van der Waals surface area (Å²) in [5, 5.41) is 0. The number of nitrogens with zero attached hydrogens (tertiary/aromatic N) is 2. The van der Waals surface area contributed by atoms with E-state index in [-0.39, 0.29) is 22.9 Å². The van der Waals surface area contributed by atoms with Crippen LogP contribution < -0.4 is 4.74 Å². The summed E-state index contributed by atoms with van der Waals surface area (Å²) >= 11 is 3.20. The molecular formula is C12H8BrFN2O2. The molecule has 0 unspecified atom stereocenters. The summed E-state index contributed by atoms with van der Waals surface area (Å²) in [5.74, 6) is -0.833. The minimum Gasteiger partial charge on any atom is -0.467 e. The van der Waals surface area contributed by atoms with Crippen LogP contribution in [0.15, 0.2) is 35.1 Å². The monoisotopic (exact) mass is 310 g/mol. The Hall–Kier alpha value is -1.82. The first-order chi connectivity index (χ1) is 8.61. The molecule has 0 bridgehead atoms. The molecule has 0 aliphatic rings. The van der Waals surface area contributed by atoms with Crippen LogP contribution in [-0.4, -0.2) is 22.9 Å². The number of halogens is 2. The van der Waals surface area contributed by atoms with Crippen LogP contribution in [0.5, 0.6) is 6.01 Å². The maximum atomic E-state index is 13.1. The third-order valence-electron chi connectivity index (χ3n) is 2.25. The van der Waals surface area contributed by atoms with Crippen LogP contribution in [0.25, 0.3) is 0 Å². The van der Waals surface area contributed by atoms with Crippen LogP contribution in [-0.2, 0) is 0 Å². The summed E-state index contributed by atoms with van der Waals surface area (Å²) in [6.45, 7) is 0. The summed E-state index contributed by atoms with van der Waals surface area (Å²) in [4.78, 5) is 19.8. The van der Waals surface area contributed by atoms with Gasteiger partial charge in [0.1, 0.15) is 5.82 Å². The van der Waals surface area contributed by atoms with Crippen LogP contribution >= 0.6 is 15.9 Å².